The van der Waals surface area contributed by atoms with Crippen molar-refractivity contribution in [3.63, 3.8) is 0 Å². The second-order valence-corrected chi connectivity index (χ2v) is 6.34. The molecule has 1 atom stereocenters. The Labute approximate surface area is 132 Å². The lowest BCUT2D eigenvalue weighted by molar-refractivity contribution is -0.140. The number of rotatable bonds is 6. The normalized spacial score (nSPS) is 15.0. The molecule has 1 aliphatic rings. The first-order valence-electron chi connectivity index (χ1n) is 7.01. The summed E-state index contributed by atoms with van der Waals surface area (Å²) >= 11 is 3.49. The second-order valence-electron chi connectivity index (χ2n) is 5.49. The van der Waals surface area contributed by atoms with Crippen LogP contribution >= 0.6 is 15.9 Å². The third kappa shape index (κ3) is 4.35. The number of nitrogens with one attached hydrogen (secondary N) is 1. The lowest BCUT2D eigenvalue weighted by Gasteiger charge is -2.21. The van der Waals surface area contributed by atoms with Gasteiger partial charge in [-0.05, 0) is 30.0 Å². The van der Waals surface area contributed by atoms with Crippen LogP contribution in [-0.4, -0.2) is 30.3 Å². The Hall–Kier alpha value is -1.27. The van der Waals surface area contributed by atoms with Gasteiger partial charge in [-0.25, -0.2) is 0 Å². The molecule has 1 aromatic rings. The van der Waals surface area contributed by atoms with E-state index in [4.69, 9.17) is 9.47 Å². The summed E-state index contributed by atoms with van der Waals surface area (Å²) in [5, 5.41) is 12.3. The summed E-state index contributed by atoms with van der Waals surface area (Å²) in [6.07, 6.45) is 0.595. The lowest BCUT2D eigenvalue weighted by Crippen LogP contribution is -2.37. The quantitative estimate of drug-likeness (QED) is 0.819. The third-order valence-corrected chi connectivity index (χ3v) is 3.99. The van der Waals surface area contributed by atoms with E-state index < -0.39 is 12.0 Å². The molecule has 0 aliphatic carbocycles. The zero-order valence-electron chi connectivity index (χ0n) is 12.2. The van der Waals surface area contributed by atoms with Gasteiger partial charge in [0.2, 0.25) is 0 Å². The highest BCUT2D eigenvalue weighted by Crippen LogP contribution is 2.35. The summed E-state index contributed by atoms with van der Waals surface area (Å²) in [4.78, 5) is 11.3. The minimum Gasteiger partial charge on any atom is -0.486 e. The predicted octanol–water partition coefficient (Wildman–Crippen LogP) is 2.81. The SMILES string of the molecule is CC(C)CC(NCc1cc2c(cc1Br)OCCO2)C(=O)O. The maximum absolute atomic E-state index is 11.3. The lowest BCUT2D eigenvalue weighted by atomic mass is 10.0. The van der Waals surface area contributed by atoms with Crippen LogP contribution in [0.15, 0.2) is 16.6 Å². The van der Waals surface area contributed by atoms with Gasteiger partial charge >= 0.3 is 5.97 Å². The van der Waals surface area contributed by atoms with Crippen LogP contribution in [0, 0.1) is 5.92 Å². The summed E-state index contributed by atoms with van der Waals surface area (Å²) in [5.74, 6) is 0.922. The Morgan fingerprint density at radius 3 is 2.52 bits per heavy atom. The van der Waals surface area contributed by atoms with Gasteiger partial charge in [0, 0.05) is 11.0 Å². The molecular formula is C15H20BrNO4. The molecule has 0 spiro atoms. The minimum atomic E-state index is -0.822. The molecule has 0 bridgehead atoms. The van der Waals surface area contributed by atoms with Crippen molar-refractivity contribution in [2.45, 2.75) is 32.9 Å². The van der Waals surface area contributed by atoms with E-state index >= 15 is 0 Å². The average Bonchev–Trinajstić information content (AvgIpc) is 2.42. The van der Waals surface area contributed by atoms with E-state index in [1.165, 1.54) is 0 Å². The summed E-state index contributed by atoms with van der Waals surface area (Å²) < 4.78 is 11.9. The Balaban J connectivity index is 2.06. The molecule has 1 aliphatic heterocycles. The van der Waals surface area contributed by atoms with Crippen molar-refractivity contribution in [3.05, 3.63) is 22.2 Å². The van der Waals surface area contributed by atoms with Crippen LogP contribution in [0.3, 0.4) is 0 Å². The van der Waals surface area contributed by atoms with Crippen molar-refractivity contribution < 1.29 is 19.4 Å². The summed E-state index contributed by atoms with van der Waals surface area (Å²) in [7, 11) is 0. The molecule has 0 radical (unpaired) electrons. The highest BCUT2D eigenvalue weighted by Gasteiger charge is 2.20. The maximum Gasteiger partial charge on any atom is 0.320 e. The fraction of sp³-hybridized carbons (Fsp3) is 0.533. The molecule has 6 heteroatoms. The summed E-state index contributed by atoms with van der Waals surface area (Å²) in [6, 6.07) is 3.20. The van der Waals surface area contributed by atoms with Gasteiger partial charge in [0.05, 0.1) is 0 Å². The number of carboxylic acid groups (broad SMARTS) is 1. The van der Waals surface area contributed by atoms with E-state index in [1.54, 1.807) is 0 Å². The van der Waals surface area contributed by atoms with Gasteiger partial charge in [0.15, 0.2) is 11.5 Å². The summed E-state index contributed by atoms with van der Waals surface area (Å²) in [5.41, 5.74) is 0.953. The van der Waals surface area contributed by atoms with Crippen LogP contribution in [0.1, 0.15) is 25.8 Å². The van der Waals surface area contributed by atoms with Crippen LogP contribution in [0.4, 0.5) is 0 Å². The van der Waals surface area contributed by atoms with E-state index in [2.05, 4.69) is 21.2 Å². The molecule has 21 heavy (non-hydrogen) atoms. The van der Waals surface area contributed by atoms with E-state index in [0.29, 0.717) is 43.6 Å². The maximum atomic E-state index is 11.3. The fourth-order valence-corrected chi connectivity index (χ4v) is 2.68. The van der Waals surface area contributed by atoms with E-state index in [1.807, 2.05) is 26.0 Å². The van der Waals surface area contributed by atoms with Crippen LogP contribution in [-0.2, 0) is 11.3 Å². The first kappa shape index (κ1) is 16.1. The first-order chi connectivity index (χ1) is 9.97. The molecule has 2 rings (SSSR count). The van der Waals surface area contributed by atoms with Gasteiger partial charge in [-0.3, -0.25) is 4.79 Å². The number of hydrogen-bond donors (Lipinski definition) is 2. The van der Waals surface area contributed by atoms with Gasteiger partial charge in [0.25, 0.3) is 0 Å². The zero-order valence-corrected chi connectivity index (χ0v) is 13.8. The molecule has 0 saturated carbocycles. The summed E-state index contributed by atoms with van der Waals surface area (Å²) in [6.45, 7) is 5.56. The number of halogens is 1. The number of carboxylic acids is 1. The monoisotopic (exact) mass is 357 g/mol. The molecule has 0 saturated heterocycles. The highest BCUT2D eigenvalue weighted by atomic mass is 79.9. The van der Waals surface area contributed by atoms with Crippen LogP contribution in [0.5, 0.6) is 11.5 Å². The standard InChI is InChI=1S/C15H20BrNO4/c1-9(2)5-12(15(18)19)17-8-10-6-13-14(7-11(10)16)21-4-3-20-13/h6-7,9,12,17H,3-5,8H2,1-2H3,(H,18,19). The minimum absolute atomic E-state index is 0.322. The van der Waals surface area contributed by atoms with Crippen molar-refractivity contribution in [1.82, 2.24) is 5.32 Å². The van der Waals surface area contributed by atoms with Gasteiger partial charge in [-0.2, -0.15) is 0 Å². The third-order valence-electron chi connectivity index (χ3n) is 3.26. The van der Waals surface area contributed by atoms with Crippen LogP contribution < -0.4 is 14.8 Å². The molecule has 2 N–H and O–H groups in total. The molecule has 5 nitrogen and oxygen atoms in total. The van der Waals surface area contributed by atoms with Crippen LogP contribution in [0.2, 0.25) is 0 Å². The molecule has 0 fully saturated rings. The number of aliphatic carboxylic acids is 1. The zero-order chi connectivity index (χ0) is 15.4. The Morgan fingerprint density at radius 2 is 1.95 bits per heavy atom. The molecule has 1 aromatic carbocycles. The largest absolute Gasteiger partial charge is 0.486 e. The number of fused-ring (bicyclic) bond motifs is 1. The molecule has 1 unspecified atom stereocenters. The molecule has 116 valence electrons. The topological polar surface area (TPSA) is 67.8 Å². The van der Waals surface area contributed by atoms with Crippen molar-refractivity contribution >= 4 is 21.9 Å². The Morgan fingerprint density at radius 1 is 1.33 bits per heavy atom. The van der Waals surface area contributed by atoms with Gasteiger partial charge < -0.3 is 19.9 Å². The number of benzene rings is 1. The Bertz CT molecular complexity index is 519. The number of carbonyl (C=O) groups is 1. The van der Waals surface area contributed by atoms with Crippen molar-refractivity contribution in [1.29, 1.82) is 0 Å². The first-order valence-corrected chi connectivity index (χ1v) is 7.81. The predicted molar refractivity (Wildman–Crippen MR) is 82.9 cm³/mol. The van der Waals surface area contributed by atoms with Gasteiger partial charge in [0.1, 0.15) is 19.3 Å². The number of hydrogen-bond acceptors (Lipinski definition) is 4. The number of ether oxygens (including phenoxy) is 2. The van der Waals surface area contributed by atoms with E-state index in [9.17, 15) is 9.90 Å². The Kier molecular flexibility index (Phi) is 5.47. The molecule has 0 amide bonds. The molecule has 1 heterocycles. The average molecular weight is 358 g/mol. The molecule has 0 aromatic heterocycles. The van der Waals surface area contributed by atoms with Gasteiger partial charge in [-0.15, -0.1) is 0 Å². The second kappa shape index (κ2) is 7.13. The fourth-order valence-electron chi connectivity index (χ4n) is 2.22. The van der Waals surface area contributed by atoms with E-state index in [-0.39, 0.29) is 0 Å². The highest BCUT2D eigenvalue weighted by molar-refractivity contribution is 9.10. The van der Waals surface area contributed by atoms with Crippen molar-refractivity contribution in [2.75, 3.05) is 13.2 Å². The van der Waals surface area contributed by atoms with Crippen LogP contribution in [0.25, 0.3) is 0 Å². The molecular weight excluding hydrogens is 338 g/mol. The van der Waals surface area contributed by atoms with Crippen molar-refractivity contribution in [2.24, 2.45) is 5.92 Å². The van der Waals surface area contributed by atoms with Gasteiger partial charge in [-0.1, -0.05) is 29.8 Å². The smallest absolute Gasteiger partial charge is 0.320 e. The van der Waals surface area contributed by atoms with Crippen molar-refractivity contribution in [3.8, 4) is 11.5 Å². The van der Waals surface area contributed by atoms with E-state index in [0.717, 1.165) is 10.0 Å².